The molecule has 142 valence electrons. The number of rotatable bonds is 6. The van der Waals surface area contributed by atoms with E-state index >= 15 is 0 Å². The molecule has 9 nitrogen and oxygen atoms in total. The molecule has 0 spiro atoms. The van der Waals surface area contributed by atoms with Crippen LogP contribution in [0.3, 0.4) is 0 Å². The number of nitrogens with zero attached hydrogens (tertiary/aromatic N) is 5. The van der Waals surface area contributed by atoms with Gasteiger partial charge in [0.1, 0.15) is 0 Å². The van der Waals surface area contributed by atoms with Crippen LogP contribution >= 0.6 is 11.6 Å². The molecule has 0 aliphatic carbocycles. The summed E-state index contributed by atoms with van der Waals surface area (Å²) in [6, 6.07) is 7.26. The fraction of sp³-hybridized carbons (Fsp3) is 0.294. The van der Waals surface area contributed by atoms with E-state index in [2.05, 4.69) is 15.5 Å². The molecule has 0 saturated carbocycles. The third-order valence-corrected chi connectivity index (χ3v) is 4.48. The van der Waals surface area contributed by atoms with Crippen molar-refractivity contribution in [2.75, 3.05) is 19.1 Å². The molecule has 0 unspecified atom stereocenters. The van der Waals surface area contributed by atoms with Crippen LogP contribution in [0.5, 0.6) is 0 Å². The maximum absolute atomic E-state index is 12.6. The van der Waals surface area contributed by atoms with Gasteiger partial charge in [-0.2, -0.15) is 10.1 Å². The highest BCUT2D eigenvalue weighted by Crippen LogP contribution is 2.16. The number of hydrazone groups is 1. The van der Waals surface area contributed by atoms with E-state index in [9.17, 15) is 9.59 Å². The van der Waals surface area contributed by atoms with Gasteiger partial charge < -0.3 is 9.30 Å². The van der Waals surface area contributed by atoms with Gasteiger partial charge in [-0.05, 0) is 6.07 Å². The largest absolute Gasteiger partial charge is 0.383 e. The van der Waals surface area contributed by atoms with Crippen LogP contribution in [-0.2, 0) is 25.4 Å². The third-order valence-electron chi connectivity index (χ3n) is 4.14. The highest BCUT2D eigenvalue weighted by atomic mass is 35.5. The van der Waals surface area contributed by atoms with E-state index in [1.807, 2.05) is 18.2 Å². The van der Waals surface area contributed by atoms with E-state index in [4.69, 9.17) is 16.3 Å². The number of ether oxygens (including phenoxy) is 1. The molecule has 3 aromatic rings. The fourth-order valence-electron chi connectivity index (χ4n) is 2.67. The first-order valence-electron chi connectivity index (χ1n) is 8.14. The van der Waals surface area contributed by atoms with Crippen molar-refractivity contribution in [1.82, 2.24) is 18.7 Å². The fourth-order valence-corrected chi connectivity index (χ4v) is 2.86. The van der Waals surface area contributed by atoms with Crippen LogP contribution in [0.15, 0.2) is 39.0 Å². The van der Waals surface area contributed by atoms with Crippen molar-refractivity contribution in [2.24, 2.45) is 19.2 Å². The Morgan fingerprint density at radius 2 is 2.00 bits per heavy atom. The molecule has 2 heterocycles. The summed E-state index contributed by atoms with van der Waals surface area (Å²) in [4.78, 5) is 29.1. The van der Waals surface area contributed by atoms with Crippen molar-refractivity contribution in [3.63, 3.8) is 0 Å². The van der Waals surface area contributed by atoms with Gasteiger partial charge in [-0.15, -0.1) is 0 Å². The molecular formula is C17H19ClN6O3. The zero-order valence-corrected chi connectivity index (χ0v) is 15.9. The lowest BCUT2D eigenvalue weighted by molar-refractivity contribution is 0.188. The molecule has 0 radical (unpaired) electrons. The van der Waals surface area contributed by atoms with Gasteiger partial charge in [-0.25, -0.2) is 10.2 Å². The number of hydrogen-bond acceptors (Lipinski definition) is 6. The molecule has 0 saturated heterocycles. The number of benzene rings is 1. The van der Waals surface area contributed by atoms with Crippen LogP contribution in [0, 0.1) is 0 Å². The summed E-state index contributed by atoms with van der Waals surface area (Å²) < 4.78 is 9.13. The number of hydrogen-bond donors (Lipinski definition) is 1. The van der Waals surface area contributed by atoms with Crippen molar-refractivity contribution in [3.05, 3.63) is 55.7 Å². The topological polar surface area (TPSA) is 95.4 Å². The lowest BCUT2D eigenvalue weighted by atomic mass is 10.2. The van der Waals surface area contributed by atoms with Crippen LogP contribution in [-0.4, -0.2) is 38.6 Å². The summed E-state index contributed by atoms with van der Waals surface area (Å²) in [7, 11) is 4.56. The van der Waals surface area contributed by atoms with Crippen LogP contribution in [0.25, 0.3) is 11.2 Å². The smallest absolute Gasteiger partial charge is 0.332 e. The second-order valence-corrected chi connectivity index (χ2v) is 6.26. The van der Waals surface area contributed by atoms with E-state index in [1.165, 1.54) is 11.6 Å². The van der Waals surface area contributed by atoms with Gasteiger partial charge >= 0.3 is 5.69 Å². The minimum Gasteiger partial charge on any atom is -0.383 e. The third kappa shape index (κ3) is 3.51. The Bertz CT molecular complexity index is 1130. The van der Waals surface area contributed by atoms with Crippen molar-refractivity contribution in [2.45, 2.75) is 6.54 Å². The van der Waals surface area contributed by atoms with Gasteiger partial charge in [0.05, 0.1) is 12.8 Å². The van der Waals surface area contributed by atoms with Crippen molar-refractivity contribution in [1.29, 1.82) is 0 Å². The standard InChI is InChI=1S/C17H19ClN6O3/c1-22-14-13(15(25)23(2)17(22)26)24(8-9-27-3)16(20-14)21-19-10-11-6-4-5-7-12(11)18/h4-7,10H,8-9H2,1-3H3,(H,20,21)/b19-10+. The second-order valence-electron chi connectivity index (χ2n) is 5.85. The Labute approximate surface area is 159 Å². The first kappa shape index (κ1) is 18.9. The molecule has 0 aliphatic heterocycles. The maximum atomic E-state index is 12.6. The lowest BCUT2D eigenvalue weighted by Gasteiger charge is -2.08. The molecule has 0 aliphatic rings. The van der Waals surface area contributed by atoms with Crippen LogP contribution < -0.4 is 16.7 Å². The van der Waals surface area contributed by atoms with Gasteiger partial charge in [-0.3, -0.25) is 13.9 Å². The number of imidazole rings is 1. The molecule has 27 heavy (non-hydrogen) atoms. The van der Waals surface area contributed by atoms with Gasteiger partial charge in [0.2, 0.25) is 5.95 Å². The van der Waals surface area contributed by atoms with E-state index < -0.39 is 11.2 Å². The Hall–Kier alpha value is -2.91. The van der Waals surface area contributed by atoms with Gasteiger partial charge in [-0.1, -0.05) is 29.8 Å². The average molecular weight is 391 g/mol. The molecule has 0 amide bonds. The number of halogens is 1. The van der Waals surface area contributed by atoms with Crippen LogP contribution in [0.1, 0.15) is 5.56 Å². The van der Waals surface area contributed by atoms with Gasteiger partial charge in [0.25, 0.3) is 5.56 Å². The molecule has 2 aromatic heterocycles. The Balaban J connectivity index is 2.08. The van der Waals surface area contributed by atoms with E-state index in [-0.39, 0.29) is 5.65 Å². The second kappa shape index (κ2) is 7.77. The normalized spacial score (nSPS) is 11.6. The van der Waals surface area contributed by atoms with Crippen LogP contribution in [0.4, 0.5) is 5.95 Å². The Kier molecular flexibility index (Phi) is 5.43. The average Bonchev–Trinajstić information content (AvgIpc) is 3.03. The summed E-state index contributed by atoms with van der Waals surface area (Å²) in [5, 5.41) is 4.72. The summed E-state index contributed by atoms with van der Waals surface area (Å²) in [6.45, 7) is 0.727. The van der Waals surface area contributed by atoms with E-state index in [0.717, 1.165) is 10.1 Å². The quantitative estimate of drug-likeness (QED) is 0.503. The molecule has 1 N–H and O–H groups in total. The molecule has 10 heteroatoms. The van der Waals surface area contributed by atoms with Crippen molar-refractivity contribution >= 4 is 34.9 Å². The van der Waals surface area contributed by atoms with Crippen LogP contribution in [0.2, 0.25) is 5.02 Å². The molecule has 0 atom stereocenters. The minimum absolute atomic E-state index is 0.273. The van der Waals surface area contributed by atoms with Crippen molar-refractivity contribution in [3.8, 4) is 0 Å². The Morgan fingerprint density at radius 3 is 2.70 bits per heavy atom. The molecular weight excluding hydrogens is 372 g/mol. The minimum atomic E-state index is -0.449. The number of aromatic nitrogens is 4. The first-order chi connectivity index (χ1) is 13.0. The number of methoxy groups -OCH3 is 1. The number of fused-ring (bicyclic) bond motifs is 1. The molecule has 3 rings (SSSR count). The van der Waals surface area contributed by atoms with E-state index in [0.29, 0.717) is 29.6 Å². The SMILES string of the molecule is COCCn1c(N/N=C/c2ccccc2Cl)nc2c1c(=O)n(C)c(=O)n2C. The van der Waals surface area contributed by atoms with E-state index in [1.54, 1.807) is 31.0 Å². The van der Waals surface area contributed by atoms with Gasteiger partial charge in [0.15, 0.2) is 11.2 Å². The van der Waals surface area contributed by atoms with Crippen molar-refractivity contribution < 1.29 is 4.74 Å². The molecule has 0 fully saturated rings. The molecule has 1 aromatic carbocycles. The van der Waals surface area contributed by atoms with Gasteiger partial charge in [0, 0.05) is 38.3 Å². The number of anilines is 1. The molecule has 0 bridgehead atoms. The summed E-state index contributed by atoms with van der Waals surface area (Å²) in [5.74, 6) is 0.323. The number of aryl methyl sites for hydroxylation is 1. The number of nitrogens with one attached hydrogen (secondary N) is 1. The summed E-state index contributed by atoms with van der Waals surface area (Å²) >= 11 is 6.11. The predicted octanol–water partition coefficient (Wildman–Crippen LogP) is 1.18. The Morgan fingerprint density at radius 1 is 1.26 bits per heavy atom. The zero-order valence-electron chi connectivity index (χ0n) is 15.1. The maximum Gasteiger partial charge on any atom is 0.332 e. The highest BCUT2D eigenvalue weighted by Gasteiger charge is 2.18. The summed E-state index contributed by atoms with van der Waals surface area (Å²) in [5.41, 5.74) is 3.25. The zero-order chi connectivity index (χ0) is 19.6. The monoisotopic (exact) mass is 390 g/mol. The summed E-state index contributed by atoms with van der Waals surface area (Å²) in [6.07, 6.45) is 1.56. The first-order valence-corrected chi connectivity index (χ1v) is 8.52. The highest BCUT2D eigenvalue weighted by molar-refractivity contribution is 6.33. The predicted molar refractivity (Wildman–Crippen MR) is 105 cm³/mol. The lowest BCUT2D eigenvalue weighted by Crippen LogP contribution is -2.37.